The van der Waals surface area contributed by atoms with Crippen LogP contribution in [0.25, 0.3) is 5.57 Å². The van der Waals surface area contributed by atoms with Crippen molar-refractivity contribution in [3.8, 4) is 0 Å². The highest BCUT2D eigenvalue weighted by Crippen LogP contribution is 2.43. The highest BCUT2D eigenvalue weighted by molar-refractivity contribution is 5.83. The summed E-state index contributed by atoms with van der Waals surface area (Å²) in [4.78, 5) is 16.6. The van der Waals surface area contributed by atoms with Gasteiger partial charge in [0.2, 0.25) is 0 Å². The first-order chi connectivity index (χ1) is 12.6. The van der Waals surface area contributed by atoms with Gasteiger partial charge in [0.25, 0.3) is 0 Å². The molecule has 0 radical (unpaired) electrons. The summed E-state index contributed by atoms with van der Waals surface area (Å²) >= 11 is 0. The minimum absolute atomic E-state index is 0.0195. The van der Waals surface area contributed by atoms with Crippen LogP contribution in [0.4, 0.5) is 4.79 Å². The molecule has 3 rings (SSSR count). The summed E-state index contributed by atoms with van der Waals surface area (Å²) < 4.78 is 0. The van der Waals surface area contributed by atoms with Gasteiger partial charge in [0.05, 0.1) is 5.54 Å². The van der Waals surface area contributed by atoms with Crippen LogP contribution in [0.3, 0.4) is 0 Å². The first-order valence-electron chi connectivity index (χ1n) is 9.01. The van der Waals surface area contributed by atoms with Crippen LogP contribution in [0.2, 0.25) is 0 Å². The fourth-order valence-electron chi connectivity index (χ4n) is 3.70. The van der Waals surface area contributed by atoms with E-state index < -0.39 is 5.54 Å². The molecule has 2 amide bonds. The van der Waals surface area contributed by atoms with Gasteiger partial charge in [-0.25, -0.2) is 4.79 Å². The molecule has 0 saturated carbocycles. The number of nitrogens with zero attached hydrogens (tertiary/aromatic N) is 2. The first kappa shape index (κ1) is 18.2. The molecule has 0 bridgehead atoms. The van der Waals surface area contributed by atoms with Gasteiger partial charge >= 0.3 is 6.03 Å². The lowest BCUT2D eigenvalue weighted by Gasteiger charge is -2.40. The Hall–Kier alpha value is -2.59. The molecule has 0 aromatic heterocycles. The molecule has 0 saturated heterocycles. The smallest absolute Gasteiger partial charge is 0.320 e. The molecule has 0 aliphatic carbocycles. The summed E-state index contributed by atoms with van der Waals surface area (Å²) in [5.74, 6) is 0. The molecule has 1 aliphatic heterocycles. The third-order valence-corrected chi connectivity index (χ3v) is 4.97. The van der Waals surface area contributed by atoms with Crippen LogP contribution in [0.5, 0.6) is 0 Å². The average Bonchev–Trinajstić information content (AvgIpc) is 3.08. The minimum atomic E-state index is -0.545. The number of amides is 2. The molecule has 4 nitrogen and oxygen atoms in total. The molecular weight excluding hydrogens is 324 g/mol. The molecule has 2 aromatic carbocycles. The predicted octanol–water partition coefficient (Wildman–Crippen LogP) is 3.74. The van der Waals surface area contributed by atoms with E-state index in [1.54, 1.807) is 19.0 Å². The second-order valence-corrected chi connectivity index (χ2v) is 6.92. The van der Waals surface area contributed by atoms with Crippen LogP contribution in [0.15, 0.2) is 66.7 Å². The van der Waals surface area contributed by atoms with E-state index in [4.69, 9.17) is 0 Å². The molecule has 2 aromatic rings. The van der Waals surface area contributed by atoms with Gasteiger partial charge in [-0.2, -0.15) is 0 Å². The summed E-state index contributed by atoms with van der Waals surface area (Å²) in [6.45, 7) is 0.661. The van der Waals surface area contributed by atoms with E-state index >= 15 is 0 Å². The lowest BCUT2D eigenvalue weighted by molar-refractivity contribution is 0.125. The van der Waals surface area contributed by atoms with E-state index in [-0.39, 0.29) is 12.6 Å². The van der Waals surface area contributed by atoms with Crippen LogP contribution in [-0.2, 0) is 5.54 Å². The van der Waals surface area contributed by atoms with Crippen LogP contribution >= 0.6 is 0 Å². The Morgan fingerprint density at radius 2 is 1.69 bits per heavy atom. The van der Waals surface area contributed by atoms with Crippen LogP contribution in [-0.4, -0.2) is 48.2 Å². The van der Waals surface area contributed by atoms with Crippen molar-refractivity contribution in [3.63, 3.8) is 0 Å². The number of rotatable bonds is 5. The van der Waals surface area contributed by atoms with Gasteiger partial charge in [0.1, 0.15) is 0 Å². The maximum atomic E-state index is 13.0. The number of hydrogen-bond acceptors (Lipinski definition) is 2. The number of benzene rings is 2. The Labute approximate surface area is 155 Å². The van der Waals surface area contributed by atoms with Crippen molar-refractivity contribution in [3.05, 3.63) is 77.9 Å². The molecule has 26 heavy (non-hydrogen) atoms. The lowest BCUT2D eigenvalue weighted by atomic mass is 9.84. The number of carbonyl (C=O) groups is 1. The van der Waals surface area contributed by atoms with Gasteiger partial charge < -0.3 is 14.9 Å². The zero-order valence-corrected chi connectivity index (χ0v) is 15.4. The summed E-state index contributed by atoms with van der Waals surface area (Å²) in [6, 6.07) is 20.3. The Morgan fingerprint density at radius 3 is 2.27 bits per heavy atom. The lowest BCUT2D eigenvalue weighted by Crippen LogP contribution is -2.49. The van der Waals surface area contributed by atoms with E-state index in [1.807, 2.05) is 41.3 Å². The molecule has 1 heterocycles. The predicted molar refractivity (Wildman–Crippen MR) is 105 cm³/mol. The Bertz CT molecular complexity index is 771. The standard InChI is InChI=1S/C22H26N2O2/c1-23(2)21(26)24-17-19(18-10-5-3-6-11-18)16-22(24,14-9-15-25)20-12-7-4-8-13-20/h3-8,10-13,16,25H,9,14-15,17H2,1-2H3. The normalized spacial score (nSPS) is 19.3. The van der Waals surface area contributed by atoms with Crippen LogP contribution in [0, 0.1) is 0 Å². The van der Waals surface area contributed by atoms with Crippen LogP contribution < -0.4 is 0 Å². The number of aliphatic hydroxyl groups excluding tert-OH is 1. The number of hydrogen-bond donors (Lipinski definition) is 1. The number of carbonyl (C=O) groups excluding carboxylic acids is 1. The topological polar surface area (TPSA) is 43.8 Å². The van der Waals surface area contributed by atoms with Gasteiger partial charge in [-0.3, -0.25) is 0 Å². The molecular formula is C22H26N2O2. The minimum Gasteiger partial charge on any atom is -0.396 e. The fourth-order valence-corrected chi connectivity index (χ4v) is 3.70. The second kappa shape index (κ2) is 7.75. The van der Waals surface area contributed by atoms with E-state index in [9.17, 15) is 9.90 Å². The molecule has 1 N–H and O–H groups in total. The van der Waals surface area contributed by atoms with Gasteiger partial charge in [-0.1, -0.05) is 60.7 Å². The summed E-state index contributed by atoms with van der Waals surface area (Å²) in [5.41, 5.74) is 2.80. The zero-order valence-electron chi connectivity index (χ0n) is 15.4. The van der Waals surface area contributed by atoms with E-state index in [0.717, 1.165) is 16.7 Å². The van der Waals surface area contributed by atoms with Crippen molar-refractivity contribution >= 4 is 11.6 Å². The summed E-state index contributed by atoms with van der Waals surface area (Å²) in [6.07, 6.45) is 3.53. The number of aliphatic hydroxyl groups is 1. The Balaban J connectivity index is 2.13. The van der Waals surface area contributed by atoms with Crippen molar-refractivity contribution in [2.75, 3.05) is 27.2 Å². The SMILES string of the molecule is CN(C)C(=O)N1CC(c2ccccc2)=CC1(CCCO)c1ccccc1. The third-order valence-electron chi connectivity index (χ3n) is 4.97. The van der Waals surface area contributed by atoms with Gasteiger partial charge in [0.15, 0.2) is 0 Å². The van der Waals surface area contributed by atoms with Crippen molar-refractivity contribution in [1.82, 2.24) is 9.80 Å². The molecule has 4 heteroatoms. The Kier molecular flexibility index (Phi) is 5.43. The summed E-state index contributed by atoms with van der Waals surface area (Å²) in [7, 11) is 3.56. The number of urea groups is 1. The largest absolute Gasteiger partial charge is 0.396 e. The molecule has 1 unspecified atom stereocenters. The highest BCUT2D eigenvalue weighted by atomic mass is 16.3. The quantitative estimate of drug-likeness (QED) is 0.893. The molecule has 1 atom stereocenters. The van der Waals surface area contributed by atoms with Crippen molar-refractivity contribution in [1.29, 1.82) is 0 Å². The van der Waals surface area contributed by atoms with E-state index in [1.165, 1.54) is 0 Å². The van der Waals surface area contributed by atoms with E-state index in [2.05, 4.69) is 30.3 Å². The zero-order chi connectivity index (χ0) is 18.6. The maximum absolute atomic E-state index is 13.0. The van der Waals surface area contributed by atoms with Crippen LogP contribution in [0.1, 0.15) is 24.0 Å². The van der Waals surface area contributed by atoms with Gasteiger partial charge in [-0.15, -0.1) is 0 Å². The third kappa shape index (κ3) is 3.37. The first-order valence-corrected chi connectivity index (χ1v) is 9.01. The molecule has 136 valence electrons. The maximum Gasteiger partial charge on any atom is 0.320 e. The highest BCUT2D eigenvalue weighted by Gasteiger charge is 2.44. The van der Waals surface area contributed by atoms with Crippen molar-refractivity contribution in [2.45, 2.75) is 18.4 Å². The molecule has 0 fully saturated rings. The van der Waals surface area contributed by atoms with Crippen molar-refractivity contribution < 1.29 is 9.90 Å². The molecule has 0 spiro atoms. The monoisotopic (exact) mass is 350 g/mol. The second-order valence-electron chi connectivity index (χ2n) is 6.92. The van der Waals surface area contributed by atoms with Gasteiger partial charge in [-0.05, 0) is 35.6 Å². The van der Waals surface area contributed by atoms with Crippen molar-refractivity contribution in [2.24, 2.45) is 0 Å². The molecule has 1 aliphatic rings. The fraction of sp³-hybridized carbons (Fsp3) is 0.318. The van der Waals surface area contributed by atoms with E-state index in [0.29, 0.717) is 19.4 Å². The van der Waals surface area contributed by atoms with Gasteiger partial charge in [0, 0.05) is 27.2 Å². The average molecular weight is 350 g/mol. The summed E-state index contributed by atoms with van der Waals surface area (Å²) in [5, 5.41) is 9.47. The Morgan fingerprint density at radius 1 is 1.08 bits per heavy atom.